The lowest BCUT2D eigenvalue weighted by Crippen LogP contribution is -2.38. The van der Waals surface area contributed by atoms with Crippen LogP contribution in [0.25, 0.3) is 0 Å². The summed E-state index contributed by atoms with van der Waals surface area (Å²) < 4.78 is 0. The number of aliphatic hydroxyl groups is 1. The molecule has 0 aromatic rings. The predicted molar refractivity (Wildman–Crippen MR) is 48.7 cm³/mol. The standard InChI is InChI=1S/C8H17N3O/c9-7(10)11-8(6-12)4-2-1-3-5-8/h12H,1-6H2,(H4,9,10,11). The number of nitrogens with zero attached hydrogens (tertiary/aromatic N) is 1. The van der Waals surface area contributed by atoms with Gasteiger partial charge in [-0.2, -0.15) is 0 Å². The van der Waals surface area contributed by atoms with Crippen LogP contribution in [0.2, 0.25) is 0 Å². The van der Waals surface area contributed by atoms with Crippen molar-refractivity contribution in [3.63, 3.8) is 0 Å². The van der Waals surface area contributed by atoms with E-state index in [1.807, 2.05) is 0 Å². The number of aliphatic hydroxyl groups excluding tert-OH is 1. The molecule has 1 fully saturated rings. The Bertz CT molecular complexity index is 169. The zero-order chi connectivity index (χ0) is 9.03. The van der Waals surface area contributed by atoms with Gasteiger partial charge < -0.3 is 16.6 Å². The first-order chi connectivity index (χ1) is 5.68. The van der Waals surface area contributed by atoms with Crippen molar-refractivity contribution in [3.05, 3.63) is 0 Å². The molecule has 1 rings (SSSR count). The number of rotatable bonds is 2. The molecule has 1 aliphatic rings. The topological polar surface area (TPSA) is 84.6 Å². The molecule has 0 radical (unpaired) electrons. The number of nitrogens with two attached hydrogens (primary N) is 2. The summed E-state index contributed by atoms with van der Waals surface area (Å²) >= 11 is 0. The molecule has 0 unspecified atom stereocenters. The zero-order valence-electron chi connectivity index (χ0n) is 7.29. The Morgan fingerprint density at radius 1 is 1.25 bits per heavy atom. The van der Waals surface area contributed by atoms with E-state index in [1.54, 1.807) is 0 Å². The summed E-state index contributed by atoms with van der Waals surface area (Å²) in [6, 6.07) is 0. The summed E-state index contributed by atoms with van der Waals surface area (Å²) in [5.41, 5.74) is 10.2. The van der Waals surface area contributed by atoms with Gasteiger partial charge in [-0.05, 0) is 12.8 Å². The van der Waals surface area contributed by atoms with Gasteiger partial charge in [0.2, 0.25) is 0 Å². The maximum atomic E-state index is 9.17. The van der Waals surface area contributed by atoms with Crippen molar-refractivity contribution in [2.75, 3.05) is 6.61 Å². The van der Waals surface area contributed by atoms with E-state index in [4.69, 9.17) is 11.5 Å². The van der Waals surface area contributed by atoms with E-state index < -0.39 is 0 Å². The SMILES string of the molecule is NC(N)=NC1(CO)CCCCC1. The summed E-state index contributed by atoms with van der Waals surface area (Å²) in [7, 11) is 0. The first kappa shape index (κ1) is 9.32. The molecule has 0 bridgehead atoms. The van der Waals surface area contributed by atoms with E-state index in [9.17, 15) is 5.11 Å². The molecule has 0 heterocycles. The van der Waals surface area contributed by atoms with Gasteiger partial charge in [-0.3, -0.25) is 0 Å². The molecular formula is C8H17N3O. The molecule has 0 amide bonds. The number of hydrogen-bond donors (Lipinski definition) is 3. The van der Waals surface area contributed by atoms with Crippen LogP contribution in [0.1, 0.15) is 32.1 Å². The minimum atomic E-state index is -0.364. The van der Waals surface area contributed by atoms with Crippen LogP contribution in [-0.4, -0.2) is 23.2 Å². The van der Waals surface area contributed by atoms with Gasteiger partial charge in [-0.1, -0.05) is 19.3 Å². The van der Waals surface area contributed by atoms with Crippen molar-refractivity contribution in [2.24, 2.45) is 16.5 Å². The molecule has 0 aromatic heterocycles. The Morgan fingerprint density at radius 3 is 2.25 bits per heavy atom. The van der Waals surface area contributed by atoms with Crippen molar-refractivity contribution in [1.29, 1.82) is 0 Å². The minimum Gasteiger partial charge on any atom is -0.394 e. The van der Waals surface area contributed by atoms with Gasteiger partial charge in [0.05, 0.1) is 12.1 Å². The van der Waals surface area contributed by atoms with Gasteiger partial charge in [0.15, 0.2) is 5.96 Å². The third-order valence-corrected chi connectivity index (χ3v) is 2.44. The average molecular weight is 171 g/mol. The second kappa shape index (κ2) is 3.76. The molecule has 0 aromatic carbocycles. The van der Waals surface area contributed by atoms with Crippen LogP contribution in [0.15, 0.2) is 4.99 Å². The molecule has 0 aliphatic heterocycles. The second-order valence-corrected chi connectivity index (χ2v) is 3.48. The van der Waals surface area contributed by atoms with Crippen molar-refractivity contribution in [1.82, 2.24) is 0 Å². The van der Waals surface area contributed by atoms with Gasteiger partial charge in [-0.15, -0.1) is 0 Å². The van der Waals surface area contributed by atoms with Crippen LogP contribution in [0, 0.1) is 0 Å². The summed E-state index contributed by atoms with van der Waals surface area (Å²) in [6.45, 7) is 0.0604. The Balaban J connectivity index is 2.66. The van der Waals surface area contributed by atoms with E-state index in [0.717, 1.165) is 25.7 Å². The summed E-state index contributed by atoms with van der Waals surface area (Å²) in [6.07, 6.45) is 5.25. The highest BCUT2D eigenvalue weighted by Gasteiger charge is 2.30. The third kappa shape index (κ3) is 2.11. The zero-order valence-corrected chi connectivity index (χ0v) is 7.29. The molecule has 70 valence electrons. The van der Waals surface area contributed by atoms with Crippen LogP contribution in [0.4, 0.5) is 0 Å². The molecule has 0 saturated heterocycles. The second-order valence-electron chi connectivity index (χ2n) is 3.48. The number of hydrogen-bond acceptors (Lipinski definition) is 2. The van der Waals surface area contributed by atoms with Crippen LogP contribution in [-0.2, 0) is 0 Å². The highest BCUT2D eigenvalue weighted by molar-refractivity contribution is 5.76. The highest BCUT2D eigenvalue weighted by atomic mass is 16.3. The molecule has 1 aliphatic carbocycles. The quantitative estimate of drug-likeness (QED) is 0.402. The summed E-state index contributed by atoms with van der Waals surface area (Å²) in [5, 5.41) is 9.17. The molecule has 12 heavy (non-hydrogen) atoms. The fourth-order valence-corrected chi connectivity index (χ4v) is 1.79. The lowest BCUT2D eigenvalue weighted by atomic mass is 9.83. The van der Waals surface area contributed by atoms with E-state index in [1.165, 1.54) is 6.42 Å². The molecule has 1 saturated carbocycles. The molecule has 0 atom stereocenters. The summed E-state index contributed by atoms with van der Waals surface area (Å²) in [4.78, 5) is 4.11. The van der Waals surface area contributed by atoms with E-state index in [2.05, 4.69) is 4.99 Å². The van der Waals surface area contributed by atoms with Crippen molar-refractivity contribution >= 4 is 5.96 Å². The fourth-order valence-electron chi connectivity index (χ4n) is 1.79. The largest absolute Gasteiger partial charge is 0.394 e. The van der Waals surface area contributed by atoms with E-state index in [-0.39, 0.29) is 18.1 Å². The average Bonchev–Trinajstić information content (AvgIpc) is 2.05. The molecular weight excluding hydrogens is 154 g/mol. The minimum absolute atomic E-state index is 0.0604. The smallest absolute Gasteiger partial charge is 0.186 e. The Morgan fingerprint density at radius 2 is 1.83 bits per heavy atom. The van der Waals surface area contributed by atoms with Crippen LogP contribution < -0.4 is 11.5 Å². The number of guanidine groups is 1. The summed E-state index contributed by atoms with van der Waals surface area (Å²) in [5.74, 6) is 0.0888. The van der Waals surface area contributed by atoms with Crippen LogP contribution in [0.3, 0.4) is 0 Å². The molecule has 4 heteroatoms. The monoisotopic (exact) mass is 171 g/mol. The Hall–Kier alpha value is -0.770. The first-order valence-corrected chi connectivity index (χ1v) is 4.40. The lowest BCUT2D eigenvalue weighted by molar-refractivity contribution is 0.158. The molecule has 0 spiro atoms. The number of aliphatic imine (C=N–C) groups is 1. The Kier molecular flexibility index (Phi) is 2.92. The lowest BCUT2D eigenvalue weighted by Gasteiger charge is -2.31. The normalized spacial score (nSPS) is 21.8. The van der Waals surface area contributed by atoms with Crippen molar-refractivity contribution in [2.45, 2.75) is 37.6 Å². The van der Waals surface area contributed by atoms with E-state index in [0.29, 0.717) is 0 Å². The van der Waals surface area contributed by atoms with Crippen molar-refractivity contribution < 1.29 is 5.11 Å². The molecule has 4 nitrogen and oxygen atoms in total. The van der Waals surface area contributed by atoms with Gasteiger partial charge in [0.1, 0.15) is 0 Å². The predicted octanol–water partition coefficient (Wildman–Crippen LogP) is -0.0450. The first-order valence-electron chi connectivity index (χ1n) is 4.40. The van der Waals surface area contributed by atoms with Crippen LogP contribution >= 0.6 is 0 Å². The van der Waals surface area contributed by atoms with Gasteiger partial charge in [-0.25, -0.2) is 4.99 Å². The van der Waals surface area contributed by atoms with Crippen LogP contribution in [0.5, 0.6) is 0 Å². The van der Waals surface area contributed by atoms with Gasteiger partial charge in [0.25, 0.3) is 0 Å². The fraction of sp³-hybridized carbons (Fsp3) is 0.875. The van der Waals surface area contributed by atoms with Crippen molar-refractivity contribution in [3.8, 4) is 0 Å². The van der Waals surface area contributed by atoms with Gasteiger partial charge >= 0.3 is 0 Å². The molecule has 5 N–H and O–H groups in total. The third-order valence-electron chi connectivity index (χ3n) is 2.44. The van der Waals surface area contributed by atoms with Gasteiger partial charge in [0, 0.05) is 0 Å². The maximum absolute atomic E-state index is 9.17. The maximum Gasteiger partial charge on any atom is 0.186 e. The Labute approximate surface area is 72.7 Å². The van der Waals surface area contributed by atoms with E-state index >= 15 is 0 Å². The highest BCUT2D eigenvalue weighted by Crippen LogP contribution is 2.30.